The zero-order valence-electron chi connectivity index (χ0n) is 17.1. The monoisotopic (exact) mass is 417 g/mol. The van der Waals surface area contributed by atoms with Crippen molar-refractivity contribution in [2.75, 3.05) is 18.4 Å². The van der Waals surface area contributed by atoms with Crippen molar-refractivity contribution >= 4 is 28.5 Å². The molecule has 0 bridgehead atoms. The van der Waals surface area contributed by atoms with Gasteiger partial charge in [-0.3, -0.25) is 9.59 Å². The molecule has 5 rings (SSSR count). The van der Waals surface area contributed by atoms with Crippen LogP contribution in [-0.4, -0.2) is 35.8 Å². The molecule has 2 saturated heterocycles. The molecule has 3 heterocycles. The number of carbonyl (C=O) groups is 2. The molecule has 0 saturated carbocycles. The number of aryl methyl sites for hydroxylation is 1. The lowest BCUT2D eigenvalue weighted by Crippen LogP contribution is -2.52. The lowest BCUT2D eigenvalue weighted by Gasteiger charge is -2.35. The van der Waals surface area contributed by atoms with Gasteiger partial charge in [0.15, 0.2) is 0 Å². The predicted molar refractivity (Wildman–Crippen MR) is 117 cm³/mol. The van der Waals surface area contributed by atoms with Crippen molar-refractivity contribution in [3.8, 4) is 0 Å². The molecule has 0 spiro atoms. The summed E-state index contributed by atoms with van der Waals surface area (Å²) in [5.74, 6) is -0.509. The van der Waals surface area contributed by atoms with Gasteiger partial charge in [0.25, 0.3) is 0 Å². The quantitative estimate of drug-likeness (QED) is 0.639. The van der Waals surface area contributed by atoms with Crippen LogP contribution in [0.1, 0.15) is 23.6 Å². The van der Waals surface area contributed by atoms with E-state index in [1.54, 1.807) is 12.1 Å². The Kier molecular flexibility index (Phi) is 4.82. The highest BCUT2D eigenvalue weighted by atomic mass is 16.4. The van der Waals surface area contributed by atoms with Crippen molar-refractivity contribution in [1.82, 2.24) is 10.2 Å². The van der Waals surface area contributed by atoms with E-state index in [-0.39, 0.29) is 36.4 Å². The van der Waals surface area contributed by atoms with Crippen LogP contribution in [0.4, 0.5) is 5.69 Å². The highest BCUT2D eigenvalue weighted by Crippen LogP contribution is 2.42. The number of hydrogen-bond donors (Lipinski definition) is 2. The van der Waals surface area contributed by atoms with Crippen LogP contribution in [0.3, 0.4) is 0 Å². The molecule has 2 aliphatic heterocycles. The fourth-order valence-corrected chi connectivity index (χ4v) is 4.87. The summed E-state index contributed by atoms with van der Waals surface area (Å²) in [6.07, 6.45) is 0.589. The van der Waals surface area contributed by atoms with Crippen LogP contribution in [0.5, 0.6) is 0 Å². The summed E-state index contributed by atoms with van der Waals surface area (Å²) in [6, 6.07) is 16.2. The van der Waals surface area contributed by atoms with Crippen molar-refractivity contribution < 1.29 is 14.0 Å². The molecule has 3 atom stereocenters. The van der Waals surface area contributed by atoms with Gasteiger partial charge in [0.05, 0.1) is 18.5 Å². The zero-order valence-corrected chi connectivity index (χ0v) is 17.1. The smallest absolute Gasteiger partial charge is 0.336 e. The Bertz CT molecular complexity index is 1220. The standard InChI is InChI=1S/C24H23N3O4/c1-14-9-22(29)31-20-10-16(7-8-18(14)20)26-24(30)19-11-17-12-25-13-21(28)27(17)23(19)15-5-3-2-4-6-15/h2-10,17,19,23,25H,11-13H2,1H3,(H,26,30)/t17-,19-,23-/m1/s1. The van der Waals surface area contributed by atoms with Gasteiger partial charge in [0.1, 0.15) is 5.58 Å². The number of benzene rings is 2. The second-order valence-electron chi connectivity index (χ2n) is 8.23. The Morgan fingerprint density at radius 1 is 1.13 bits per heavy atom. The van der Waals surface area contributed by atoms with Crippen LogP contribution in [0.15, 0.2) is 63.8 Å². The molecule has 2 amide bonds. The van der Waals surface area contributed by atoms with Gasteiger partial charge < -0.3 is 20.0 Å². The molecule has 158 valence electrons. The summed E-state index contributed by atoms with van der Waals surface area (Å²) in [7, 11) is 0. The number of piperazine rings is 1. The molecule has 2 aromatic carbocycles. The Morgan fingerprint density at radius 3 is 2.74 bits per heavy atom. The van der Waals surface area contributed by atoms with Crippen LogP contribution in [0.25, 0.3) is 11.0 Å². The fraction of sp³-hybridized carbons (Fsp3) is 0.292. The molecule has 0 radical (unpaired) electrons. The minimum absolute atomic E-state index is 0.0144. The molecule has 0 unspecified atom stereocenters. The van der Waals surface area contributed by atoms with Crippen molar-refractivity contribution in [2.45, 2.75) is 25.4 Å². The van der Waals surface area contributed by atoms with Crippen molar-refractivity contribution in [1.29, 1.82) is 0 Å². The number of amides is 2. The van der Waals surface area contributed by atoms with Crippen molar-refractivity contribution in [3.05, 3.63) is 76.1 Å². The van der Waals surface area contributed by atoms with Gasteiger partial charge in [-0.1, -0.05) is 30.3 Å². The van der Waals surface area contributed by atoms with Crippen LogP contribution in [0, 0.1) is 12.8 Å². The molecule has 31 heavy (non-hydrogen) atoms. The first-order chi connectivity index (χ1) is 15.0. The average Bonchev–Trinajstić information content (AvgIpc) is 3.15. The number of rotatable bonds is 3. The van der Waals surface area contributed by atoms with Gasteiger partial charge in [0, 0.05) is 35.8 Å². The highest BCUT2D eigenvalue weighted by Gasteiger charge is 2.48. The molecule has 2 fully saturated rings. The van der Waals surface area contributed by atoms with Gasteiger partial charge in [-0.15, -0.1) is 0 Å². The number of nitrogens with one attached hydrogen (secondary N) is 2. The second-order valence-corrected chi connectivity index (χ2v) is 8.23. The van der Waals surface area contributed by atoms with Gasteiger partial charge in [0.2, 0.25) is 11.8 Å². The molecular formula is C24H23N3O4. The van der Waals surface area contributed by atoms with Gasteiger partial charge in [-0.05, 0) is 36.6 Å². The third-order valence-electron chi connectivity index (χ3n) is 6.24. The molecule has 7 heteroatoms. The van der Waals surface area contributed by atoms with Gasteiger partial charge in [-0.25, -0.2) is 4.79 Å². The largest absolute Gasteiger partial charge is 0.423 e. The van der Waals surface area contributed by atoms with Gasteiger partial charge >= 0.3 is 5.63 Å². The van der Waals surface area contributed by atoms with Crippen LogP contribution in [-0.2, 0) is 9.59 Å². The van der Waals surface area contributed by atoms with E-state index in [2.05, 4.69) is 10.6 Å². The number of nitrogens with zero attached hydrogens (tertiary/aromatic N) is 1. The maximum Gasteiger partial charge on any atom is 0.336 e. The maximum atomic E-state index is 13.4. The lowest BCUT2D eigenvalue weighted by atomic mass is 9.92. The number of fused-ring (bicyclic) bond motifs is 2. The molecule has 7 nitrogen and oxygen atoms in total. The summed E-state index contributed by atoms with van der Waals surface area (Å²) in [5.41, 5.74) is 2.36. The Balaban J connectivity index is 1.46. The molecule has 2 N–H and O–H groups in total. The minimum atomic E-state index is -0.420. The van der Waals surface area contributed by atoms with Crippen LogP contribution in [0.2, 0.25) is 0 Å². The summed E-state index contributed by atoms with van der Waals surface area (Å²) >= 11 is 0. The molecule has 1 aromatic heterocycles. The molecular weight excluding hydrogens is 394 g/mol. The third kappa shape index (κ3) is 3.51. The number of carbonyl (C=O) groups excluding carboxylic acids is 2. The Hall–Kier alpha value is -3.45. The Morgan fingerprint density at radius 2 is 1.94 bits per heavy atom. The van der Waals surface area contributed by atoms with E-state index in [1.165, 1.54) is 6.07 Å². The summed E-state index contributed by atoms with van der Waals surface area (Å²) < 4.78 is 5.30. The topological polar surface area (TPSA) is 91.6 Å². The predicted octanol–water partition coefficient (Wildman–Crippen LogP) is 2.60. The summed E-state index contributed by atoms with van der Waals surface area (Å²) in [5, 5.41) is 6.96. The first-order valence-electron chi connectivity index (χ1n) is 10.4. The minimum Gasteiger partial charge on any atom is -0.423 e. The molecule has 2 aliphatic rings. The van der Waals surface area contributed by atoms with E-state index >= 15 is 0 Å². The highest BCUT2D eigenvalue weighted by molar-refractivity contribution is 5.96. The zero-order chi connectivity index (χ0) is 21.5. The second kappa shape index (κ2) is 7.67. The van der Waals surface area contributed by atoms with Crippen LogP contribution < -0.4 is 16.3 Å². The summed E-state index contributed by atoms with van der Waals surface area (Å²) in [4.78, 5) is 39.6. The van der Waals surface area contributed by atoms with E-state index < -0.39 is 5.63 Å². The lowest BCUT2D eigenvalue weighted by molar-refractivity contribution is -0.136. The van der Waals surface area contributed by atoms with Gasteiger partial charge in [-0.2, -0.15) is 0 Å². The van der Waals surface area contributed by atoms with E-state index in [4.69, 9.17) is 4.42 Å². The van der Waals surface area contributed by atoms with Crippen molar-refractivity contribution in [2.24, 2.45) is 5.92 Å². The summed E-state index contributed by atoms with van der Waals surface area (Å²) in [6.45, 7) is 2.82. The third-order valence-corrected chi connectivity index (χ3v) is 6.24. The first kappa shape index (κ1) is 19.5. The first-order valence-corrected chi connectivity index (χ1v) is 10.4. The van der Waals surface area contributed by atoms with Crippen LogP contribution >= 0.6 is 0 Å². The average molecular weight is 417 g/mol. The van der Waals surface area contributed by atoms with E-state index in [0.717, 1.165) is 16.5 Å². The fourth-order valence-electron chi connectivity index (χ4n) is 4.87. The van der Waals surface area contributed by atoms with E-state index in [9.17, 15) is 14.4 Å². The van der Waals surface area contributed by atoms with Crippen molar-refractivity contribution in [3.63, 3.8) is 0 Å². The SMILES string of the molecule is Cc1cc(=O)oc2cc(NC(=O)[C@@H]3C[C@@H]4CNCC(=O)N4[C@@H]3c3ccccc3)ccc12. The number of hydrogen-bond acceptors (Lipinski definition) is 5. The van der Waals surface area contributed by atoms with E-state index in [0.29, 0.717) is 24.2 Å². The normalized spacial score (nSPS) is 23.1. The molecule has 3 aromatic rings. The maximum absolute atomic E-state index is 13.4. The van der Waals surface area contributed by atoms with E-state index in [1.807, 2.05) is 48.2 Å². The Labute approximate surface area is 179 Å². The number of anilines is 1. The molecule has 0 aliphatic carbocycles.